The molecular formula is C17H12N2O4. The molecule has 114 valence electrons. The second kappa shape index (κ2) is 4.42. The average molecular weight is 308 g/mol. The molecule has 2 aromatic carbocycles. The van der Waals surface area contributed by atoms with Crippen LogP contribution >= 0.6 is 0 Å². The summed E-state index contributed by atoms with van der Waals surface area (Å²) in [6, 6.07) is 13.5. The number of fused-ring (bicyclic) bond motifs is 3. The lowest BCUT2D eigenvalue weighted by Crippen LogP contribution is -2.59. The van der Waals surface area contributed by atoms with Crippen LogP contribution in [0.15, 0.2) is 48.5 Å². The average Bonchev–Trinajstić information content (AvgIpc) is 2.77. The second-order valence-corrected chi connectivity index (χ2v) is 5.41. The molecule has 0 radical (unpaired) electrons. The maximum absolute atomic E-state index is 12.9. The van der Waals surface area contributed by atoms with Gasteiger partial charge in [0.2, 0.25) is 5.91 Å². The van der Waals surface area contributed by atoms with E-state index in [2.05, 4.69) is 5.32 Å². The molecule has 0 bridgehead atoms. The molecule has 23 heavy (non-hydrogen) atoms. The largest absolute Gasteiger partial charge is 0.453 e. The number of rotatable bonds is 0. The number of carbonyl (C=O) groups excluding carboxylic acids is 3. The Labute approximate surface area is 131 Å². The lowest BCUT2D eigenvalue weighted by molar-refractivity contribution is -0.138. The fourth-order valence-electron chi connectivity index (χ4n) is 3.04. The maximum atomic E-state index is 12.9. The van der Waals surface area contributed by atoms with Crippen LogP contribution < -0.4 is 15.0 Å². The molecule has 0 saturated heterocycles. The molecular weight excluding hydrogens is 296 g/mol. The van der Waals surface area contributed by atoms with Gasteiger partial charge in [-0.15, -0.1) is 0 Å². The van der Waals surface area contributed by atoms with Crippen LogP contribution in [0.3, 0.4) is 0 Å². The van der Waals surface area contributed by atoms with Crippen molar-refractivity contribution >= 4 is 23.4 Å². The minimum absolute atomic E-state index is 0.310. The third-order valence-electron chi connectivity index (χ3n) is 4.03. The van der Waals surface area contributed by atoms with Crippen molar-refractivity contribution in [3.05, 3.63) is 59.7 Å². The van der Waals surface area contributed by atoms with Crippen molar-refractivity contribution in [3.63, 3.8) is 0 Å². The molecule has 0 aromatic heterocycles. The number of hydrogen-bond donors (Lipinski definition) is 1. The Morgan fingerprint density at radius 2 is 1.78 bits per heavy atom. The molecule has 0 fully saturated rings. The number of para-hydroxylation sites is 2. The van der Waals surface area contributed by atoms with Gasteiger partial charge in [-0.05, 0) is 18.2 Å². The minimum Gasteiger partial charge on any atom is -0.453 e. The van der Waals surface area contributed by atoms with Crippen LogP contribution in [0.5, 0.6) is 5.75 Å². The van der Waals surface area contributed by atoms with Gasteiger partial charge in [0, 0.05) is 6.92 Å². The quantitative estimate of drug-likeness (QED) is 0.801. The van der Waals surface area contributed by atoms with Crippen molar-refractivity contribution in [2.24, 2.45) is 0 Å². The fraction of sp³-hybridized carbons (Fsp3) is 0.118. The van der Waals surface area contributed by atoms with Gasteiger partial charge in [-0.25, -0.2) is 4.90 Å². The van der Waals surface area contributed by atoms with Crippen molar-refractivity contribution in [3.8, 4) is 5.75 Å². The van der Waals surface area contributed by atoms with Crippen molar-refractivity contribution < 1.29 is 19.1 Å². The van der Waals surface area contributed by atoms with Gasteiger partial charge in [0.25, 0.3) is 11.6 Å². The van der Waals surface area contributed by atoms with Crippen molar-refractivity contribution in [1.29, 1.82) is 0 Å². The normalized spacial score (nSPS) is 21.5. The first-order valence-electron chi connectivity index (χ1n) is 7.10. The second-order valence-electron chi connectivity index (χ2n) is 5.41. The molecule has 2 aliphatic heterocycles. The van der Waals surface area contributed by atoms with E-state index in [9.17, 15) is 14.4 Å². The van der Waals surface area contributed by atoms with E-state index in [1.807, 2.05) is 0 Å². The predicted octanol–water partition coefficient (Wildman–Crippen LogP) is 1.55. The van der Waals surface area contributed by atoms with Gasteiger partial charge in [-0.1, -0.05) is 30.3 Å². The molecule has 3 amide bonds. The third-order valence-corrected chi connectivity index (χ3v) is 4.03. The molecule has 6 heteroatoms. The highest BCUT2D eigenvalue weighted by atomic mass is 16.5. The number of ether oxygens (including phenoxy) is 1. The first kappa shape index (κ1) is 13.5. The number of nitrogens with one attached hydrogen (secondary N) is 1. The summed E-state index contributed by atoms with van der Waals surface area (Å²) in [4.78, 5) is 38.3. The van der Waals surface area contributed by atoms with Crippen LogP contribution in [0, 0.1) is 0 Å². The molecule has 2 aliphatic rings. The summed E-state index contributed by atoms with van der Waals surface area (Å²) >= 11 is 0. The Balaban J connectivity index is 1.94. The highest BCUT2D eigenvalue weighted by Crippen LogP contribution is 2.44. The zero-order valence-corrected chi connectivity index (χ0v) is 12.2. The molecule has 1 unspecified atom stereocenters. The molecule has 6 nitrogen and oxygen atoms in total. The minimum atomic E-state index is -1.70. The number of benzene rings is 2. The van der Waals surface area contributed by atoms with E-state index in [4.69, 9.17) is 4.74 Å². The van der Waals surface area contributed by atoms with Crippen LogP contribution in [-0.4, -0.2) is 17.7 Å². The molecule has 4 rings (SSSR count). The third kappa shape index (κ3) is 1.66. The topological polar surface area (TPSA) is 75.7 Å². The van der Waals surface area contributed by atoms with Gasteiger partial charge in [-0.3, -0.25) is 14.4 Å². The van der Waals surface area contributed by atoms with E-state index in [0.29, 0.717) is 22.6 Å². The number of hydrogen-bond acceptors (Lipinski definition) is 4. The Kier molecular flexibility index (Phi) is 2.60. The van der Waals surface area contributed by atoms with Gasteiger partial charge < -0.3 is 10.1 Å². The standard InChI is InChI=1S/C17H12N2O4/c1-10(20)19-13-8-4-3-7-12(13)17(16(19)22)18-15(21)11-6-2-5-9-14(11)23-17/h2-9H,1H3,(H,18,21). The Hall–Kier alpha value is -3.15. The summed E-state index contributed by atoms with van der Waals surface area (Å²) in [6.45, 7) is 1.30. The summed E-state index contributed by atoms with van der Waals surface area (Å²) < 4.78 is 5.89. The summed E-state index contributed by atoms with van der Waals surface area (Å²) in [5.74, 6) is -1.16. The predicted molar refractivity (Wildman–Crippen MR) is 80.8 cm³/mol. The van der Waals surface area contributed by atoms with Crippen LogP contribution in [0.4, 0.5) is 5.69 Å². The van der Waals surface area contributed by atoms with Crippen LogP contribution in [0.1, 0.15) is 22.8 Å². The number of nitrogens with zero attached hydrogens (tertiary/aromatic N) is 1. The van der Waals surface area contributed by atoms with E-state index >= 15 is 0 Å². The first-order valence-corrected chi connectivity index (χ1v) is 7.10. The van der Waals surface area contributed by atoms with E-state index in [-0.39, 0.29) is 0 Å². The Bertz CT molecular complexity index is 876. The summed E-state index contributed by atoms with van der Waals surface area (Å²) in [6.07, 6.45) is 0. The summed E-state index contributed by atoms with van der Waals surface area (Å²) in [7, 11) is 0. The molecule has 2 aromatic rings. The smallest absolute Gasteiger partial charge is 0.304 e. The molecule has 1 N–H and O–H groups in total. The Morgan fingerprint density at radius 1 is 1.09 bits per heavy atom. The molecule has 2 heterocycles. The summed E-state index contributed by atoms with van der Waals surface area (Å²) in [5, 5.41) is 2.63. The van der Waals surface area contributed by atoms with Gasteiger partial charge in [0.1, 0.15) is 5.75 Å². The van der Waals surface area contributed by atoms with Crippen LogP contribution in [0.25, 0.3) is 0 Å². The van der Waals surface area contributed by atoms with Crippen molar-refractivity contribution in [2.75, 3.05) is 4.90 Å². The molecule has 0 aliphatic carbocycles. The van der Waals surface area contributed by atoms with Gasteiger partial charge in [0.15, 0.2) is 0 Å². The zero-order valence-electron chi connectivity index (χ0n) is 12.2. The number of anilines is 1. The number of amides is 3. The van der Waals surface area contributed by atoms with Crippen LogP contribution in [-0.2, 0) is 15.3 Å². The lowest BCUT2D eigenvalue weighted by atomic mass is 10.0. The van der Waals surface area contributed by atoms with E-state index in [1.165, 1.54) is 6.92 Å². The Morgan fingerprint density at radius 3 is 2.57 bits per heavy atom. The first-order chi connectivity index (χ1) is 11.0. The van der Waals surface area contributed by atoms with Gasteiger partial charge in [0.05, 0.1) is 16.8 Å². The number of imide groups is 1. The highest BCUT2D eigenvalue weighted by Gasteiger charge is 2.58. The van der Waals surface area contributed by atoms with Gasteiger partial charge >= 0.3 is 5.91 Å². The number of carbonyl (C=O) groups is 3. The van der Waals surface area contributed by atoms with E-state index < -0.39 is 23.4 Å². The maximum Gasteiger partial charge on any atom is 0.304 e. The highest BCUT2D eigenvalue weighted by molar-refractivity contribution is 6.23. The fourth-order valence-corrected chi connectivity index (χ4v) is 3.04. The molecule has 0 saturated carbocycles. The summed E-state index contributed by atoms with van der Waals surface area (Å²) in [5.41, 5.74) is -0.481. The monoisotopic (exact) mass is 308 g/mol. The van der Waals surface area contributed by atoms with E-state index in [1.54, 1.807) is 48.5 Å². The van der Waals surface area contributed by atoms with Crippen LogP contribution in [0.2, 0.25) is 0 Å². The lowest BCUT2D eigenvalue weighted by Gasteiger charge is -2.34. The van der Waals surface area contributed by atoms with E-state index in [0.717, 1.165) is 4.90 Å². The molecule has 1 atom stereocenters. The van der Waals surface area contributed by atoms with Gasteiger partial charge in [-0.2, -0.15) is 0 Å². The van der Waals surface area contributed by atoms with Crippen molar-refractivity contribution in [2.45, 2.75) is 12.6 Å². The SMILES string of the molecule is CC(=O)N1C(=O)C2(NC(=O)c3ccccc3O2)c2ccccc21. The zero-order chi connectivity index (χ0) is 16.2. The van der Waals surface area contributed by atoms with Crippen molar-refractivity contribution in [1.82, 2.24) is 5.32 Å². The molecule has 1 spiro atoms.